The Morgan fingerprint density at radius 1 is 0.871 bits per heavy atom. The fourth-order valence-electron chi connectivity index (χ4n) is 3.17. The lowest BCUT2D eigenvalue weighted by atomic mass is 9.78. The van der Waals surface area contributed by atoms with Crippen LogP contribution in [0.25, 0.3) is 0 Å². The molecule has 0 saturated carbocycles. The molecule has 164 valence electrons. The number of hydrogen-bond donors (Lipinski definition) is 1. The van der Waals surface area contributed by atoms with Crippen LogP contribution in [0, 0.1) is 0 Å². The molecule has 0 bridgehead atoms. The lowest BCUT2D eigenvalue weighted by molar-refractivity contribution is -0.138. The SMILES string of the molecule is C=CC(=O)OCCCc1ccc(C(C)(C)c2ccc(NCCOC(=O)C=C)cc2)cc1. The maximum Gasteiger partial charge on any atom is 0.330 e. The van der Waals surface area contributed by atoms with E-state index in [2.05, 4.69) is 68.7 Å². The molecule has 5 nitrogen and oxygen atoms in total. The summed E-state index contributed by atoms with van der Waals surface area (Å²) < 4.78 is 9.98. The van der Waals surface area contributed by atoms with Gasteiger partial charge in [0.15, 0.2) is 0 Å². The van der Waals surface area contributed by atoms with Gasteiger partial charge in [-0.1, -0.05) is 63.4 Å². The molecule has 5 heteroatoms. The average molecular weight is 422 g/mol. The highest BCUT2D eigenvalue weighted by Crippen LogP contribution is 2.32. The molecule has 0 aliphatic heterocycles. The van der Waals surface area contributed by atoms with Gasteiger partial charge in [0.2, 0.25) is 0 Å². The number of rotatable bonds is 12. The van der Waals surface area contributed by atoms with E-state index in [4.69, 9.17) is 9.47 Å². The van der Waals surface area contributed by atoms with Crippen LogP contribution in [-0.4, -0.2) is 31.7 Å². The molecular formula is C26H31NO4. The van der Waals surface area contributed by atoms with Gasteiger partial charge in [0.05, 0.1) is 6.61 Å². The molecule has 0 atom stereocenters. The van der Waals surface area contributed by atoms with Crippen molar-refractivity contribution in [2.24, 2.45) is 0 Å². The van der Waals surface area contributed by atoms with Gasteiger partial charge in [-0.15, -0.1) is 0 Å². The molecule has 0 fully saturated rings. The minimum absolute atomic E-state index is 0.143. The molecule has 0 spiro atoms. The number of hydrogen-bond acceptors (Lipinski definition) is 5. The lowest BCUT2D eigenvalue weighted by Gasteiger charge is -2.26. The molecular weight excluding hydrogens is 390 g/mol. The molecule has 1 N–H and O–H groups in total. The normalized spacial score (nSPS) is 10.8. The summed E-state index contributed by atoms with van der Waals surface area (Å²) in [7, 11) is 0. The molecule has 0 heterocycles. The molecule has 0 aliphatic rings. The number of carbonyl (C=O) groups excluding carboxylic acids is 2. The molecule has 31 heavy (non-hydrogen) atoms. The third-order valence-corrected chi connectivity index (χ3v) is 5.15. The lowest BCUT2D eigenvalue weighted by Crippen LogP contribution is -2.19. The van der Waals surface area contributed by atoms with Crippen LogP contribution < -0.4 is 5.32 Å². The van der Waals surface area contributed by atoms with Gasteiger partial charge in [0.25, 0.3) is 0 Å². The Balaban J connectivity index is 1.90. The summed E-state index contributed by atoms with van der Waals surface area (Å²) in [6, 6.07) is 16.9. The van der Waals surface area contributed by atoms with E-state index in [1.165, 1.54) is 22.8 Å². The van der Waals surface area contributed by atoms with Crippen LogP contribution in [0.3, 0.4) is 0 Å². The molecule has 0 saturated heterocycles. The van der Waals surface area contributed by atoms with E-state index in [-0.39, 0.29) is 11.4 Å². The van der Waals surface area contributed by atoms with Gasteiger partial charge in [-0.05, 0) is 41.7 Å². The maximum atomic E-state index is 11.1. The number of nitrogens with one attached hydrogen (secondary N) is 1. The highest BCUT2D eigenvalue weighted by atomic mass is 16.5. The largest absolute Gasteiger partial charge is 0.463 e. The summed E-state index contributed by atoms with van der Waals surface area (Å²) in [5, 5.41) is 3.24. The van der Waals surface area contributed by atoms with Gasteiger partial charge < -0.3 is 14.8 Å². The quantitative estimate of drug-likeness (QED) is 0.303. The number of anilines is 1. The predicted molar refractivity (Wildman–Crippen MR) is 124 cm³/mol. The minimum Gasteiger partial charge on any atom is -0.463 e. The molecule has 2 rings (SSSR count). The topological polar surface area (TPSA) is 64.6 Å². The maximum absolute atomic E-state index is 11.1. The van der Waals surface area contributed by atoms with Gasteiger partial charge >= 0.3 is 11.9 Å². The first-order chi connectivity index (χ1) is 14.9. The summed E-state index contributed by atoms with van der Waals surface area (Å²) in [6.45, 7) is 12.4. The number of esters is 2. The molecule has 0 aromatic heterocycles. The Labute approximate surface area is 184 Å². The van der Waals surface area contributed by atoms with Gasteiger partial charge in [0, 0.05) is 29.8 Å². The minimum atomic E-state index is -0.416. The Hall–Kier alpha value is -3.34. The Morgan fingerprint density at radius 2 is 1.39 bits per heavy atom. The van der Waals surface area contributed by atoms with Gasteiger partial charge in [-0.25, -0.2) is 9.59 Å². The average Bonchev–Trinajstić information content (AvgIpc) is 2.79. The monoisotopic (exact) mass is 421 g/mol. The molecule has 2 aromatic rings. The standard InChI is InChI=1S/C26H31NO4/c1-5-24(28)30-18-7-8-20-9-11-21(12-10-20)26(3,4)22-13-15-23(16-14-22)27-17-19-31-25(29)6-2/h5-6,9-16,27H,1-2,7-8,17-19H2,3-4H3. The zero-order valence-electron chi connectivity index (χ0n) is 18.4. The second-order valence-corrected chi connectivity index (χ2v) is 7.67. The number of benzene rings is 2. The van der Waals surface area contributed by atoms with Crippen molar-refractivity contribution in [1.82, 2.24) is 0 Å². The van der Waals surface area contributed by atoms with Crippen molar-refractivity contribution in [2.75, 3.05) is 25.1 Å². The van der Waals surface area contributed by atoms with E-state index in [1.54, 1.807) is 0 Å². The second kappa shape index (κ2) is 11.7. The van der Waals surface area contributed by atoms with Crippen LogP contribution in [0.2, 0.25) is 0 Å². The first-order valence-corrected chi connectivity index (χ1v) is 10.4. The Bertz CT molecular complexity index is 809. The van der Waals surface area contributed by atoms with Crippen molar-refractivity contribution in [2.45, 2.75) is 32.1 Å². The molecule has 2 aromatic carbocycles. The Kier molecular flexibility index (Phi) is 9.07. The van der Waals surface area contributed by atoms with E-state index < -0.39 is 5.97 Å². The second-order valence-electron chi connectivity index (χ2n) is 7.67. The van der Waals surface area contributed by atoms with Crippen LogP contribution in [0.15, 0.2) is 73.8 Å². The number of carbonyl (C=O) groups is 2. The van der Waals surface area contributed by atoms with Crippen molar-refractivity contribution >= 4 is 17.6 Å². The van der Waals surface area contributed by atoms with Crippen LogP contribution in [-0.2, 0) is 30.9 Å². The van der Waals surface area contributed by atoms with Crippen LogP contribution >= 0.6 is 0 Å². The zero-order chi connectivity index (χ0) is 22.7. The van der Waals surface area contributed by atoms with E-state index in [1.807, 2.05) is 12.1 Å². The van der Waals surface area contributed by atoms with Gasteiger partial charge in [-0.3, -0.25) is 0 Å². The summed E-state index contributed by atoms with van der Waals surface area (Å²) in [4.78, 5) is 22.1. The first kappa shape index (κ1) is 23.9. The van der Waals surface area contributed by atoms with Gasteiger partial charge in [0.1, 0.15) is 6.61 Å². The van der Waals surface area contributed by atoms with Crippen molar-refractivity contribution in [3.8, 4) is 0 Å². The molecule has 0 radical (unpaired) electrons. The summed E-state index contributed by atoms with van der Waals surface area (Å²) in [6.07, 6.45) is 3.97. The van der Waals surface area contributed by atoms with Gasteiger partial charge in [-0.2, -0.15) is 0 Å². The smallest absolute Gasteiger partial charge is 0.330 e. The van der Waals surface area contributed by atoms with Crippen LogP contribution in [0.1, 0.15) is 37.0 Å². The highest BCUT2D eigenvalue weighted by Gasteiger charge is 2.22. The molecule has 0 unspecified atom stereocenters. The molecule has 0 aliphatic carbocycles. The predicted octanol–water partition coefficient (Wildman–Crippen LogP) is 4.82. The number of aryl methyl sites for hydroxylation is 1. The Morgan fingerprint density at radius 3 is 1.94 bits per heavy atom. The fraction of sp³-hybridized carbons (Fsp3) is 0.308. The summed E-state index contributed by atoms with van der Waals surface area (Å²) >= 11 is 0. The van der Waals surface area contributed by atoms with E-state index >= 15 is 0 Å². The third-order valence-electron chi connectivity index (χ3n) is 5.15. The van der Waals surface area contributed by atoms with Crippen molar-refractivity contribution in [3.05, 3.63) is 90.5 Å². The number of ether oxygens (including phenoxy) is 2. The highest BCUT2D eigenvalue weighted by molar-refractivity contribution is 5.81. The summed E-state index contributed by atoms with van der Waals surface area (Å²) in [5.41, 5.74) is 4.48. The first-order valence-electron chi connectivity index (χ1n) is 10.4. The van der Waals surface area contributed by atoms with Crippen molar-refractivity contribution < 1.29 is 19.1 Å². The molecule has 0 amide bonds. The van der Waals surface area contributed by atoms with Crippen molar-refractivity contribution in [1.29, 1.82) is 0 Å². The fourth-order valence-corrected chi connectivity index (χ4v) is 3.17. The van der Waals surface area contributed by atoms with Crippen molar-refractivity contribution in [3.63, 3.8) is 0 Å². The van der Waals surface area contributed by atoms with Crippen LogP contribution in [0.5, 0.6) is 0 Å². The summed E-state index contributed by atoms with van der Waals surface area (Å²) in [5.74, 6) is -0.796. The van der Waals surface area contributed by atoms with E-state index in [9.17, 15) is 9.59 Å². The third kappa shape index (κ3) is 7.45. The van der Waals surface area contributed by atoms with E-state index in [0.717, 1.165) is 24.6 Å². The zero-order valence-corrected chi connectivity index (χ0v) is 18.4. The van der Waals surface area contributed by atoms with E-state index in [0.29, 0.717) is 19.8 Å². The van der Waals surface area contributed by atoms with Crippen LogP contribution in [0.4, 0.5) is 5.69 Å².